The summed E-state index contributed by atoms with van der Waals surface area (Å²) in [6.45, 7) is 9.17. The third kappa shape index (κ3) is 3.73. The number of aryl methyl sites for hydroxylation is 2. The lowest BCUT2D eigenvalue weighted by Gasteiger charge is -2.34. The first kappa shape index (κ1) is 14.9. The zero-order valence-electron chi connectivity index (χ0n) is 12.6. The number of rotatable bonds is 4. The molecule has 1 aliphatic heterocycles. The van der Waals surface area contributed by atoms with Gasteiger partial charge in [-0.25, -0.2) is 0 Å². The third-order valence-corrected chi connectivity index (χ3v) is 3.73. The van der Waals surface area contributed by atoms with Crippen LogP contribution in [0.15, 0.2) is 18.2 Å². The van der Waals surface area contributed by atoms with Crippen LogP contribution in [0.3, 0.4) is 0 Å². The van der Waals surface area contributed by atoms with Crippen LogP contribution in [-0.4, -0.2) is 43.1 Å². The number of carbonyl (C=O) groups is 1. The van der Waals surface area contributed by atoms with Gasteiger partial charge in [0.2, 0.25) is 5.91 Å². The standard InChI is InChI=1S/C16H24N2O2/c1-12-4-5-15(13(2)10-12)20-9-6-16(19)18-8-7-17-11-14(18)3/h4-5,10,14,17H,6-9,11H2,1-3H3/t14-/m1/s1. The van der Waals surface area contributed by atoms with Crippen LogP contribution in [0, 0.1) is 13.8 Å². The molecule has 1 aromatic carbocycles. The van der Waals surface area contributed by atoms with Crippen molar-refractivity contribution in [3.05, 3.63) is 29.3 Å². The Morgan fingerprint density at radius 2 is 2.25 bits per heavy atom. The van der Waals surface area contributed by atoms with Crippen molar-refractivity contribution >= 4 is 5.91 Å². The SMILES string of the molecule is Cc1ccc(OCCC(=O)N2CCNC[C@H]2C)c(C)c1. The summed E-state index contributed by atoms with van der Waals surface area (Å²) in [4.78, 5) is 14.1. The van der Waals surface area contributed by atoms with Crippen LogP contribution >= 0.6 is 0 Å². The van der Waals surface area contributed by atoms with E-state index in [0.717, 1.165) is 30.9 Å². The van der Waals surface area contributed by atoms with Crippen LogP contribution < -0.4 is 10.1 Å². The molecule has 1 aromatic rings. The molecule has 1 aliphatic rings. The molecule has 4 heteroatoms. The Morgan fingerprint density at radius 1 is 1.45 bits per heavy atom. The Morgan fingerprint density at radius 3 is 2.95 bits per heavy atom. The smallest absolute Gasteiger partial charge is 0.226 e. The fraction of sp³-hybridized carbons (Fsp3) is 0.562. The van der Waals surface area contributed by atoms with E-state index in [0.29, 0.717) is 13.0 Å². The molecule has 4 nitrogen and oxygen atoms in total. The van der Waals surface area contributed by atoms with Crippen molar-refractivity contribution in [1.29, 1.82) is 0 Å². The molecular weight excluding hydrogens is 252 g/mol. The van der Waals surface area contributed by atoms with Crippen molar-refractivity contribution in [2.75, 3.05) is 26.2 Å². The number of nitrogens with one attached hydrogen (secondary N) is 1. The number of hydrogen-bond acceptors (Lipinski definition) is 3. The van der Waals surface area contributed by atoms with E-state index in [-0.39, 0.29) is 11.9 Å². The number of nitrogens with zero attached hydrogens (tertiary/aromatic N) is 1. The Kier molecular flexibility index (Phi) is 5.01. The second-order valence-electron chi connectivity index (χ2n) is 5.51. The van der Waals surface area contributed by atoms with Gasteiger partial charge in [-0.15, -0.1) is 0 Å². The average molecular weight is 276 g/mol. The van der Waals surface area contributed by atoms with Crippen LogP contribution in [0.5, 0.6) is 5.75 Å². The highest BCUT2D eigenvalue weighted by molar-refractivity contribution is 5.76. The van der Waals surface area contributed by atoms with E-state index in [1.807, 2.05) is 24.0 Å². The quantitative estimate of drug-likeness (QED) is 0.913. The molecule has 0 radical (unpaired) electrons. The molecule has 1 heterocycles. The van der Waals surface area contributed by atoms with Gasteiger partial charge in [-0.05, 0) is 32.4 Å². The lowest BCUT2D eigenvalue weighted by atomic mass is 10.1. The predicted octanol–water partition coefficient (Wildman–Crippen LogP) is 1.89. The van der Waals surface area contributed by atoms with Gasteiger partial charge in [0.15, 0.2) is 0 Å². The number of carbonyl (C=O) groups excluding carboxylic acids is 1. The van der Waals surface area contributed by atoms with E-state index in [2.05, 4.69) is 25.2 Å². The lowest BCUT2D eigenvalue weighted by Crippen LogP contribution is -2.52. The van der Waals surface area contributed by atoms with E-state index in [1.165, 1.54) is 5.56 Å². The summed E-state index contributed by atoms with van der Waals surface area (Å²) in [6.07, 6.45) is 0.442. The number of hydrogen-bond donors (Lipinski definition) is 1. The fourth-order valence-electron chi connectivity index (χ4n) is 2.56. The number of benzene rings is 1. The van der Waals surface area contributed by atoms with Crippen molar-refractivity contribution in [3.8, 4) is 5.75 Å². The highest BCUT2D eigenvalue weighted by Gasteiger charge is 2.22. The number of amides is 1. The minimum absolute atomic E-state index is 0.184. The van der Waals surface area contributed by atoms with E-state index in [4.69, 9.17) is 4.74 Å². The molecule has 0 aromatic heterocycles. The van der Waals surface area contributed by atoms with Gasteiger partial charge in [0, 0.05) is 25.7 Å². The molecule has 0 bridgehead atoms. The molecule has 1 atom stereocenters. The highest BCUT2D eigenvalue weighted by Crippen LogP contribution is 2.19. The minimum Gasteiger partial charge on any atom is -0.493 e. The molecular formula is C16H24N2O2. The first-order valence-electron chi connectivity index (χ1n) is 7.28. The van der Waals surface area contributed by atoms with Crippen molar-refractivity contribution in [3.63, 3.8) is 0 Å². The zero-order chi connectivity index (χ0) is 14.5. The summed E-state index contributed by atoms with van der Waals surface area (Å²) in [5.74, 6) is 1.06. The molecule has 20 heavy (non-hydrogen) atoms. The van der Waals surface area contributed by atoms with Crippen molar-refractivity contribution in [1.82, 2.24) is 10.2 Å². The predicted molar refractivity (Wildman–Crippen MR) is 80.1 cm³/mol. The summed E-state index contributed by atoms with van der Waals surface area (Å²) in [5, 5.41) is 3.29. The monoisotopic (exact) mass is 276 g/mol. The Bertz CT molecular complexity index is 474. The Hall–Kier alpha value is -1.55. The van der Waals surface area contributed by atoms with Crippen LogP contribution in [0.2, 0.25) is 0 Å². The van der Waals surface area contributed by atoms with E-state index >= 15 is 0 Å². The zero-order valence-corrected chi connectivity index (χ0v) is 12.6. The topological polar surface area (TPSA) is 41.6 Å². The van der Waals surface area contributed by atoms with Crippen LogP contribution in [-0.2, 0) is 4.79 Å². The molecule has 1 amide bonds. The molecule has 110 valence electrons. The molecule has 2 rings (SSSR count). The highest BCUT2D eigenvalue weighted by atomic mass is 16.5. The van der Waals surface area contributed by atoms with Crippen molar-refractivity contribution < 1.29 is 9.53 Å². The van der Waals surface area contributed by atoms with Crippen LogP contribution in [0.4, 0.5) is 0 Å². The molecule has 1 fully saturated rings. The molecule has 0 aliphatic carbocycles. The van der Waals surface area contributed by atoms with E-state index in [1.54, 1.807) is 0 Å². The van der Waals surface area contributed by atoms with E-state index in [9.17, 15) is 4.79 Å². The molecule has 0 unspecified atom stereocenters. The molecule has 1 saturated heterocycles. The number of piperazine rings is 1. The first-order chi connectivity index (χ1) is 9.58. The van der Waals surface area contributed by atoms with Gasteiger partial charge in [-0.3, -0.25) is 4.79 Å². The van der Waals surface area contributed by atoms with Crippen LogP contribution in [0.1, 0.15) is 24.5 Å². The van der Waals surface area contributed by atoms with Gasteiger partial charge in [-0.2, -0.15) is 0 Å². The average Bonchev–Trinajstić information content (AvgIpc) is 2.41. The van der Waals surface area contributed by atoms with Gasteiger partial charge >= 0.3 is 0 Å². The largest absolute Gasteiger partial charge is 0.493 e. The summed E-state index contributed by atoms with van der Waals surface area (Å²) in [5.41, 5.74) is 2.34. The molecule has 1 N–H and O–H groups in total. The van der Waals surface area contributed by atoms with Crippen molar-refractivity contribution in [2.24, 2.45) is 0 Å². The van der Waals surface area contributed by atoms with Gasteiger partial charge in [0.05, 0.1) is 13.0 Å². The maximum Gasteiger partial charge on any atom is 0.226 e. The Labute approximate surface area is 121 Å². The minimum atomic E-state index is 0.184. The molecule has 0 saturated carbocycles. The maximum absolute atomic E-state index is 12.2. The number of ether oxygens (including phenoxy) is 1. The Balaban J connectivity index is 1.81. The van der Waals surface area contributed by atoms with Crippen molar-refractivity contribution in [2.45, 2.75) is 33.2 Å². The van der Waals surface area contributed by atoms with Gasteiger partial charge in [-0.1, -0.05) is 17.7 Å². The van der Waals surface area contributed by atoms with E-state index < -0.39 is 0 Å². The first-order valence-corrected chi connectivity index (χ1v) is 7.28. The summed E-state index contributed by atoms with van der Waals surface area (Å²) in [7, 11) is 0. The van der Waals surface area contributed by atoms with Gasteiger partial charge in [0.25, 0.3) is 0 Å². The summed E-state index contributed by atoms with van der Waals surface area (Å²) in [6, 6.07) is 6.37. The fourth-order valence-corrected chi connectivity index (χ4v) is 2.56. The maximum atomic E-state index is 12.2. The van der Waals surface area contributed by atoms with Crippen LogP contribution in [0.25, 0.3) is 0 Å². The summed E-state index contributed by atoms with van der Waals surface area (Å²) < 4.78 is 5.73. The second-order valence-corrected chi connectivity index (χ2v) is 5.51. The molecule has 0 spiro atoms. The lowest BCUT2D eigenvalue weighted by molar-refractivity contribution is -0.134. The summed E-state index contributed by atoms with van der Waals surface area (Å²) >= 11 is 0. The normalized spacial score (nSPS) is 18.9. The van der Waals surface area contributed by atoms with Gasteiger partial charge in [0.1, 0.15) is 5.75 Å². The van der Waals surface area contributed by atoms with Gasteiger partial charge < -0.3 is 15.0 Å². The third-order valence-electron chi connectivity index (χ3n) is 3.73. The second kappa shape index (κ2) is 6.75.